The van der Waals surface area contributed by atoms with E-state index in [2.05, 4.69) is 15.3 Å². The lowest BCUT2D eigenvalue weighted by Gasteiger charge is -2.33. The molecular formula is C18H29F3IN5O3. The Morgan fingerprint density at radius 2 is 2.03 bits per heavy atom. The van der Waals surface area contributed by atoms with Gasteiger partial charge in [-0.2, -0.15) is 13.2 Å². The Labute approximate surface area is 190 Å². The number of aliphatic hydroxyl groups is 1. The van der Waals surface area contributed by atoms with Crippen molar-refractivity contribution in [1.82, 2.24) is 19.8 Å². The summed E-state index contributed by atoms with van der Waals surface area (Å²) in [5.41, 5.74) is -3.09. The summed E-state index contributed by atoms with van der Waals surface area (Å²) in [4.78, 5) is 21.5. The van der Waals surface area contributed by atoms with Crippen LogP contribution in [0.4, 0.5) is 13.2 Å². The molecule has 0 bridgehead atoms. The number of carbonyl (C=O) groups excluding carboxylic acids is 1. The molecule has 0 radical (unpaired) electrons. The van der Waals surface area contributed by atoms with Gasteiger partial charge in [0.05, 0.1) is 13.0 Å². The molecule has 0 aromatic carbocycles. The maximum Gasteiger partial charge on any atom is 0.424 e. The van der Waals surface area contributed by atoms with E-state index in [0.29, 0.717) is 38.4 Å². The summed E-state index contributed by atoms with van der Waals surface area (Å²) in [6, 6.07) is 0. The molecule has 1 aliphatic rings. The molecule has 1 saturated heterocycles. The van der Waals surface area contributed by atoms with Crippen molar-refractivity contribution in [2.24, 2.45) is 18.0 Å². The molecular weight excluding hydrogens is 518 g/mol. The monoisotopic (exact) mass is 547 g/mol. The van der Waals surface area contributed by atoms with Crippen LogP contribution in [0.1, 0.15) is 32.0 Å². The van der Waals surface area contributed by atoms with Crippen LogP contribution in [-0.2, 0) is 22.2 Å². The Kier molecular flexibility index (Phi) is 9.85. The minimum atomic E-state index is -4.89. The number of guanidine groups is 1. The number of imidazole rings is 1. The van der Waals surface area contributed by atoms with Crippen molar-refractivity contribution >= 4 is 35.9 Å². The third-order valence-electron chi connectivity index (χ3n) is 5.06. The lowest BCUT2D eigenvalue weighted by molar-refractivity contribution is -0.272. The third kappa shape index (κ3) is 5.99. The summed E-state index contributed by atoms with van der Waals surface area (Å²) in [6.45, 7) is 3.22. The van der Waals surface area contributed by atoms with E-state index in [1.54, 1.807) is 0 Å². The highest BCUT2D eigenvalue weighted by Crippen LogP contribution is 2.40. The first-order valence-corrected chi connectivity index (χ1v) is 9.52. The Balaban J connectivity index is 0.00000450. The Morgan fingerprint density at radius 1 is 1.40 bits per heavy atom. The summed E-state index contributed by atoms with van der Waals surface area (Å²) >= 11 is 0. The highest BCUT2D eigenvalue weighted by atomic mass is 127. The molecule has 12 heteroatoms. The van der Waals surface area contributed by atoms with Gasteiger partial charge in [-0.05, 0) is 19.8 Å². The average Bonchev–Trinajstić information content (AvgIpc) is 3.12. The predicted octanol–water partition coefficient (Wildman–Crippen LogP) is 2.03. The number of aliphatic imine (C=N–C) groups is 1. The van der Waals surface area contributed by atoms with Crippen molar-refractivity contribution in [2.75, 3.05) is 33.3 Å². The Hall–Kier alpha value is -1.57. The first-order valence-electron chi connectivity index (χ1n) is 9.52. The van der Waals surface area contributed by atoms with Gasteiger partial charge in [-0.15, -0.1) is 24.0 Å². The first kappa shape index (κ1) is 26.5. The molecule has 2 rings (SSSR count). The van der Waals surface area contributed by atoms with Gasteiger partial charge in [0.25, 0.3) is 0 Å². The fourth-order valence-corrected chi connectivity index (χ4v) is 3.39. The summed E-state index contributed by atoms with van der Waals surface area (Å²) in [5.74, 6) is -0.445. The third-order valence-corrected chi connectivity index (χ3v) is 5.06. The second kappa shape index (κ2) is 11.2. The van der Waals surface area contributed by atoms with Gasteiger partial charge < -0.3 is 24.6 Å². The maximum atomic E-state index is 13.6. The van der Waals surface area contributed by atoms with Crippen molar-refractivity contribution in [2.45, 2.75) is 38.0 Å². The van der Waals surface area contributed by atoms with Crippen LogP contribution < -0.4 is 5.32 Å². The minimum Gasteiger partial charge on any atom is -0.469 e. The molecule has 0 spiro atoms. The SMILES string of the molecule is CCNC(=NCCC(O)(c1nccn1C)C(F)(F)F)N1CCC(C(=O)OC)CC1.I. The molecule has 0 aliphatic carbocycles. The molecule has 2 N–H and O–H groups in total. The lowest BCUT2D eigenvalue weighted by atomic mass is 9.97. The number of aromatic nitrogens is 2. The molecule has 8 nitrogen and oxygen atoms in total. The van der Waals surface area contributed by atoms with Crippen LogP contribution in [0, 0.1) is 5.92 Å². The zero-order valence-corrected chi connectivity index (χ0v) is 19.6. The van der Waals surface area contributed by atoms with E-state index in [4.69, 9.17) is 4.74 Å². The van der Waals surface area contributed by atoms with Crippen molar-refractivity contribution in [3.05, 3.63) is 18.2 Å². The molecule has 1 fully saturated rings. The summed E-state index contributed by atoms with van der Waals surface area (Å²) in [6.07, 6.45) is -1.82. The maximum absolute atomic E-state index is 13.6. The van der Waals surface area contributed by atoms with E-state index >= 15 is 0 Å². The minimum absolute atomic E-state index is 0. The number of nitrogens with one attached hydrogen (secondary N) is 1. The van der Waals surface area contributed by atoms with Gasteiger partial charge in [-0.3, -0.25) is 9.79 Å². The van der Waals surface area contributed by atoms with Gasteiger partial charge in [0.1, 0.15) is 5.82 Å². The van der Waals surface area contributed by atoms with Crippen LogP contribution in [0.15, 0.2) is 17.4 Å². The van der Waals surface area contributed by atoms with E-state index in [-0.39, 0.29) is 42.4 Å². The predicted molar refractivity (Wildman–Crippen MR) is 115 cm³/mol. The standard InChI is InChI=1S/C18H28F3N5O3.HI/c1-4-22-16(26-10-5-13(6-11-26)14(27)29-3)24-8-7-17(28,18(19,20)21)15-23-9-12-25(15)2;/h9,12-13,28H,4-8,10-11H2,1-3H3,(H,22,24);1H. The first-order chi connectivity index (χ1) is 13.6. The van der Waals surface area contributed by atoms with E-state index in [9.17, 15) is 23.1 Å². The largest absolute Gasteiger partial charge is 0.469 e. The Bertz CT molecular complexity index is 720. The number of nitrogens with zero attached hydrogens (tertiary/aromatic N) is 4. The summed E-state index contributed by atoms with van der Waals surface area (Å²) in [5, 5.41) is 13.5. The molecule has 2 heterocycles. The van der Waals surface area contributed by atoms with Crippen LogP contribution in [0.5, 0.6) is 0 Å². The number of carbonyl (C=O) groups is 1. The van der Waals surface area contributed by atoms with Crippen molar-refractivity contribution in [3.63, 3.8) is 0 Å². The van der Waals surface area contributed by atoms with Crippen LogP contribution >= 0.6 is 24.0 Å². The molecule has 0 amide bonds. The van der Waals surface area contributed by atoms with E-state index < -0.39 is 24.0 Å². The van der Waals surface area contributed by atoms with E-state index in [0.717, 1.165) is 4.57 Å². The number of rotatable bonds is 6. The lowest BCUT2D eigenvalue weighted by Crippen LogP contribution is -2.47. The molecule has 1 unspecified atom stereocenters. The summed E-state index contributed by atoms with van der Waals surface area (Å²) < 4.78 is 46.7. The Morgan fingerprint density at radius 3 is 2.50 bits per heavy atom. The zero-order chi connectivity index (χ0) is 21.7. The normalized spacial score (nSPS) is 17.8. The number of ether oxygens (including phenoxy) is 1. The van der Waals surface area contributed by atoms with Crippen LogP contribution in [0.3, 0.4) is 0 Å². The molecule has 30 heavy (non-hydrogen) atoms. The highest BCUT2D eigenvalue weighted by molar-refractivity contribution is 14.0. The van der Waals surface area contributed by atoms with Crippen LogP contribution in [0.2, 0.25) is 0 Å². The number of hydrogen-bond acceptors (Lipinski definition) is 5. The fourth-order valence-electron chi connectivity index (χ4n) is 3.39. The molecule has 1 atom stereocenters. The number of esters is 1. The topological polar surface area (TPSA) is 92.0 Å². The van der Waals surface area contributed by atoms with Gasteiger partial charge >= 0.3 is 12.1 Å². The molecule has 0 saturated carbocycles. The van der Waals surface area contributed by atoms with Gasteiger partial charge in [0, 0.05) is 52.0 Å². The second-order valence-corrected chi connectivity index (χ2v) is 6.99. The number of methoxy groups -OCH3 is 1. The van der Waals surface area contributed by atoms with E-state index in [1.165, 1.54) is 26.6 Å². The number of piperidine rings is 1. The zero-order valence-electron chi connectivity index (χ0n) is 17.3. The number of likely N-dealkylation sites (tertiary alicyclic amines) is 1. The second-order valence-electron chi connectivity index (χ2n) is 6.99. The van der Waals surface area contributed by atoms with E-state index in [1.807, 2.05) is 11.8 Å². The van der Waals surface area contributed by atoms with Crippen LogP contribution in [0.25, 0.3) is 0 Å². The summed E-state index contributed by atoms with van der Waals surface area (Å²) in [7, 11) is 2.75. The molecule has 1 aromatic heterocycles. The van der Waals surface area contributed by atoms with Crippen molar-refractivity contribution < 1.29 is 27.8 Å². The fraction of sp³-hybridized carbons (Fsp3) is 0.722. The quantitative estimate of drug-likeness (QED) is 0.245. The smallest absolute Gasteiger partial charge is 0.424 e. The van der Waals surface area contributed by atoms with Gasteiger partial charge in [-0.1, -0.05) is 0 Å². The van der Waals surface area contributed by atoms with Gasteiger partial charge in [0.15, 0.2) is 5.96 Å². The number of halogens is 4. The van der Waals surface area contributed by atoms with Gasteiger partial charge in [0.2, 0.25) is 5.60 Å². The average molecular weight is 547 g/mol. The van der Waals surface area contributed by atoms with Crippen molar-refractivity contribution in [3.8, 4) is 0 Å². The molecule has 172 valence electrons. The van der Waals surface area contributed by atoms with Crippen LogP contribution in [-0.4, -0.2) is 71.0 Å². The molecule has 1 aliphatic heterocycles. The highest BCUT2D eigenvalue weighted by Gasteiger charge is 2.57. The number of hydrogen-bond donors (Lipinski definition) is 2. The number of alkyl halides is 3. The molecule has 1 aromatic rings. The van der Waals surface area contributed by atoms with Gasteiger partial charge in [-0.25, -0.2) is 4.98 Å². The number of aryl methyl sites for hydroxylation is 1. The van der Waals surface area contributed by atoms with Crippen molar-refractivity contribution in [1.29, 1.82) is 0 Å².